The quantitative estimate of drug-likeness (QED) is 0.668. The Balaban J connectivity index is 1.75. The topological polar surface area (TPSA) is 124 Å². The molecule has 1 saturated heterocycles. The summed E-state index contributed by atoms with van der Waals surface area (Å²) < 4.78 is 22.7. The number of carboxylic acids is 1. The fraction of sp³-hybridized carbons (Fsp3) is 0.500. The van der Waals surface area contributed by atoms with Crippen molar-refractivity contribution in [3.8, 4) is 5.75 Å². The van der Waals surface area contributed by atoms with Crippen LogP contribution in [0.15, 0.2) is 10.9 Å². The number of carboxylic acid groups (broad SMARTS) is 1. The maximum atomic E-state index is 15.4. The van der Waals surface area contributed by atoms with E-state index in [1.54, 1.807) is 6.92 Å². The van der Waals surface area contributed by atoms with Gasteiger partial charge in [0.25, 0.3) is 5.56 Å². The first kappa shape index (κ1) is 18.2. The molecule has 9 heteroatoms. The van der Waals surface area contributed by atoms with E-state index in [1.165, 1.54) is 4.57 Å². The lowest BCUT2D eigenvalue weighted by molar-refractivity contribution is 0.0694. The van der Waals surface area contributed by atoms with E-state index in [-0.39, 0.29) is 40.6 Å². The largest absolute Gasteiger partial charge is 0.487 e. The molecule has 1 aromatic carbocycles. The normalized spacial score (nSPS) is 24.6. The van der Waals surface area contributed by atoms with Gasteiger partial charge in [-0.15, -0.1) is 0 Å². The smallest absolute Gasteiger partial charge is 0.341 e. The number of halogens is 1. The Morgan fingerprint density at radius 2 is 2.14 bits per heavy atom. The van der Waals surface area contributed by atoms with Crippen molar-refractivity contribution in [3.63, 3.8) is 0 Å². The number of ether oxygens (including phenoxy) is 1. The molecule has 154 valence electrons. The van der Waals surface area contributed by atoms with Crippen LogP contribution in [0.4, 0.5) is 15.8 Å². The molecule has 0 spiro atoms. The summed E-state index contributed by atoms with van der Waals surface area (Å²) in [5.74, 6) is -1.50. The van der Waals surface area contributed by atoms with Crippen molar-refractivity contribution >= 4 is 28.2 Å². The van der Waals surface area contributed by atoms with Gasteiger partial charge in [0.05, 0.1) is 17.2 Å². The lowest BCUT2D eigenvalue weighted by Gasteiger charge is -2.31. The van der Waals surface area contributed by atoms with Gasteiger partial charge in [-0.3, -0.25) is 9.36 Å². The fourth-order valence-electron chi connectivity index (χ4n) is 4.79. The van der Waals surface area contributed by atoms with Crippen molar-refractivity contribution in [1.82, 2.24) is 4.57 Å². The van der Waals surface area contributed by atoms with Crippen LogP contribution in [0, 0.1) is 11.7 Å². The van der Waals surface area contributed by atoms with E-state index in [0.717, 1.165) is 25.3 Å². The maximum absolute atomic E-state index is 15.4. The fourth-order valence-corrected chi connectivity index (χ4v) is 4.79. The zero-order valence-corrected chi connectivity index (χ0v) is 16.1. The van der Waals surface area contributed by atoms with Gasteiger partial charge in [-0.1, -0.05) is 0 Å². The predicted molar refractivity (Wildman–Crippen MR) is 106 cm³/mol. The molecule has 29 heavy (non-hydrogen) atoms. The van der Waals surface area contributed by atoms with Crippen LogP contribution >= 0.6 is 0 Å². The molecule has 3 aliphatic rings. The Morgan fingerprint density at radius 3 is 2.79 bits per heavy atom. The zero-order chi connectivity index (χ0) is 20.7. The van der Waals surface area contributed by atoms with E-state index in [1.807, 2.05) is 4.90 Å². The molecule has 1 aliphatic carbocycles. The summed E-state index contributed by atoms with van der Waals surface area (Å²) in [5, 5.41) is 9.60. The van der Waals surface area contributed by atoms with Crippen LogP contribution in [0.5, 0.6) is 5.75 Å². The molecule has 2 aromatic rings. The Kier molecular flexibility index (Phi) is 3.68. The van der Waals surface area contributed by atoms with E-state index < -0.39 is 29.0 Å². The van der Waals surface area contributed by atoms with Crippen molar-refractivity contribution in [1.29, 1.82) is 0 Å². The average molecular weight is 402 g/mol. The van der Waals surface area contributed by atoms with E-state index in [0.29, 0.717) is 18.6 Å². The summed E-state index contributed by atoms with van der Waals surface area (Å²) >= 11 is 0. The molecule has 1 saturated carbocycles. The first-order valence-corrected chi connectivity index (χ1v) is 9.83. The molecule has 2 atom stereocenters. The summed E-state index contributed by atoms with van der Waals surface area (Å²) in [7, 11) is 0. The Bertz CT molecular complexity index is 1120. The number of hydrogen-bond acceptors (Lipinski definition) is 6. The van der Waals surface area contributed by atoms with Crippen molar-refractivity contribution in [3.05, 3.63) is 27.8 Å². The Labute approximate surface area is 165 Å². The minimum atomic E-state index is -1.37. The number of nitrogens with two attached hydrogens (primary N) is 2. The average Bonchev–Trinajstić information content (AvgIpc) is 3.23. The van der Waals surface area contributed by atoms with Gasteiger partial charge < -0.3 is 26.2 Å². The first-order chi connectivity index (χ1) is 13.7. The summed E-state index contributed by atoms with van der Waals surface area (Å²) in [4.78, 5) is 26.3. The number of aromatic nitrogens is 1. The standard InChI is InChI=1S/C20H23FN4O4/c1-9-8-29-17-15-11(6-12(19(27)28)18(26)25(9)15)14(22)13(21)16(17)24-5-2-10(7-24)20(23)3-4-20/h6,9-10H,2-5,7-8,22-23H2,1H3,(H,27,28)/t9-,10+/m0/s1. The second-order valence-corrected chi connectivity index (χ2v) is 8.53. The minimum absolute atomic E-state index is 0.138. The van der Waals surface area contributed by atoms with E-state index >= 15 is 4.39 Å². The minimum Gasteiger partial charge on any atom is -0.487 e. The van der Waals surface area contributed by atoms with Gasteiger partial charge in [0.1, 0.15) is 17.9 Å². The number of pyridine rings is 1. The molecule has 8 nitrogen and oxygen atoms in total. The van der Waals surface area contributed by atoms with Gasteiger partial charge in [-0.05, 0) is 38.2 Å². The third-order valence-corrected chi connectivity index (χ3v) is 6.68. The summed E-state index contributed by atoms with van der Waals surface area (Å²) in [6.07, 6.45) is 2.81. The van der Waals surface area contributed by atoms with E-state index in [2.05, 4.69) is 0 Å². The van der Waals surface area contributed by atoms with E-state index in [9.17, 15) is 14.7 Å². The van der Waals surface area contributed by atoms with Crippen LogP contribution in [0.25, 0.3) is 10.9 Å². The highest BCUT2D eigenvalue weighted by atomic mass is 19.1. The van der Waals surface area contributed by atoms with Crippen molar-refractivity contribution in [2.45, 2.75) is 37.8 Å². The number of rotatable bonds is 3. The van der Waals surface area contributed by atoms with Crippen molar-refractivity contribution in [2.75, 3.05) is 30.3 Å². The van der Waals surface area contributed by atoms with Crippen LogP contribution in [0.3, 0.4) is 0 Å². The van der Waals surface area contributed by atoms with Gasteiger partial charge in [0, 0.05) is 24.0 Å². The molecule has 5 rings (SSSR count). The van der Waals surface area contributed by atoms with Gasteiger partial charge >= 0.3 is 5.97 Å². The van der Waals surface area contributed by atoms with Crippen LogP contribution in [0.1, 0.15) is 42.6 Å². The molecular formula is C20H23FN4O4. The monoisotopic (exact) mass is 402 g/mol. The van der Waals surface area contributed by atoms with Crippen molar-refractivity contribution in [2.24, 2.45) is 11.7 Å². The maximum Gasteiger partial charge on any atom is 0.341 e. The number of nitrogens with zero attached hydrogens (tertiary/aromatic N) is 2. The number of benzene rings is 1. The molecule has 1 aromatic heterocycles. The number of anilines is 2. The molecule has 2 fully saturated rings. The van der Waals surface area contributed by atoms with Gasteiger partial charge in [0.15, 0.2) is 11.6 Å². The molecule has 0 radical (unpaired) electrons. The van der Waals surface area contributed by atoms with Crippen LogP contribution < -0.4 is 26.7 Å². The molecule has 2 aliphatic heterocycles. The van der Waals surface area contributed by atoms with Gasteiger partial charge in [0.2, 0.25) is 0 Å². The highest BCUT2D eigenvalue weighted by molar-refractivity contribution is 6.03. The van der Waals surface area contributed by atoms with Gasteiger partial charge in [-0.25, -0.2) is 9.18 Å². The van der Waals surface area contributed by atoms with Crippen LogP contribution in [0.2, 0.25) is 0 Å². The second-order valence-electron chi connectivity index (χ2n) is 8.53. The van der Waals surface area contributed by atoms with Crippen LogP contribution in [-0.2, 0) is 0 Å². The first-order valence-electron chi connectivity index (χ1n) is 9.83. The Hall–Kier alpha value is -2.81. The third kappa shape index (κ3) is 2.46. The molecule has 0 amide bonds. The molecule has 0 unspecified atom stereocenters. The highest BCUT2D eigenvalue weighted by Gasteiger charge is 2.48. The zero-order valence-electron chi connectivity index (χ0n) is 16.1. The molecule has 0 bridgehead atoms. The lowest BCUT2D eigenvalue weighted by atomic mass is 9.97. The highest BCUT2D eigenvalue weighted by Crippen LogP contribution is 2.49. The van der Waals surface area contributed by atoms with Crippen LogP contribution in [-0.4, -0.2) is 40.9 Å². The Morgan fingerprint density at radius 1 is 1.41 bits per heavy atom. The summed E-state index contributed by atoms with van der Waals surface area (Å²) in [6, 6.07) is 0.745. The molecule has 5 N–H and O–H groups in total. The molecular weight excluding hydrogens is 379 g/mol. The number of hydrogen-bond donors (Lipinski definition) is 3. The second kappa shape index (κ2) is 5.85. The predicted octanol–water partition coefficient (Wildman–Crippen LogP) is 1.69. The number of carbonyl (C=O) groups is 1. The third-order valence-electron chi connectivity index (χ3n) is 6.68. The summed E-state index contributed by atoms with van der Waals surface area (Å²) in [6.45, 7) is 3.11. The van der Waals surface area contributed by atoms with Crippen molar-refractivity contribution < 1.29 is 19.0 Å². The SMILES string of the molecule is C[C@H]1COc2c(N3CC[C@@H](C4(N)CC4)C3)c(F)c(N)c3cc(C(=O)O)c(=O)n1c23. The lowest BCUT2D eigenvalue weighted by Crippen LogP contribution is -2.36. The summed E-state index contributed by atoms with van der Waals surface area (Å²) in [5.41, 5.74) is 11.6. The van der Waals surface area contributed by atoms with Gasteiger partial charge in [-0.2, -0.15) is 0 Å². The molecule has 3 heterocycles. The van der Waals surface area contributed by atoms with E-state index in [4.69, 9.17) is 16.2 Å². The number of nitrogen functional groups attached to an aromatic ring is 1. The number of aromatic carboxylic acids is 1.